The van der Waals surface area contributed by atoms with Gasteiger partial charge in [-0.15, -0.1) is 0 Å². The van der Waals surface area contributed by atoms with Crippen molar-refractivity contribution in [3.63, 3.8) is 0 Å². The average molecular weight is 498 g/mol. The normalized spacial score (nSPS) is 14.5. The van der Waals surface area contributed by atoms with Crippen LogP contribution in [-0.2, 0) is 4.79 Å². The molecule has 1 aromatic heterocycles. The quantitative estimate of drug-likeness (QED) is 0.220. The van der Waals surface area contributed by atoms with Crippen LogP contribution in [0.3, 0.4) is 0 Å². The van der Waals surface area contributed by atoms with E-state index in [2.05, 4.69) is 16.3 Å². The topological polar surface area (TPSA) is 89.8 Å². The van der Waals surface area contributed by atoms with Gasteiger partial charge in [-0.25, -0.2) is 4.79 Å². The first-order chi connectivity index (χ1) is 17.4. The number of carbonyl (C=O) groups is 1. The molecule has 0 radical (unpaired) electrons. The van der Waals surface area contributed by atoms with Gasteiger partial charge in [-0.1, -0.05) is 54.4 Å². The molecule has 1 fully saturated rings. The summed E-state index contributed by atoms with van der Waals surface area (Å²) in [5.41, 5.74) is 6.17. The number of benzene rings is 3. The lowest BCUT2D eigenvalue weighted by molar-refractivity contribution is -0.131. The van der Waals surface area contributed by atoms with Crippen LogP contribution >= 0.6 is 11.6 Å². The molecule has 0 atom stereocenters. The van der Waals surface area contributed by atoms with Crippen molar-refractivity contribution in [1.82, 2.24) is 10.2 Å². The van der Waals surface area contributed by atoms with Gasteiger partial charge < -0.3 is 5.11 Å². The molecule has 36 heavy (non-hydrogen) atoms. The smallest absolute Gasteiger partial charge is 0.328 e. The highest BCUT2D eigenvalue weighted by Crippen LogP contribution is 2.46. The molecule has 0 aliphatic heterocycles. The fraction of sp³-hybridized carbons (Fsp3) is 0.138. The number of allylic oxidation sites excluding steroid dienone is 1. The number of carboxylic acids is 1. The van der Waals surface area contributed by atoms with Crippen LogP contribution in [0.25, 0.3) is 28.1 Å². The largest absolute Gasteiger partial charge is 0.478 e. The van der Waals surface area contributed by atoms with E-state index in [1.165, 1.54) is 6.08 Å². The first-order valence-electron chi connectivity index (χ1n) is 11.5. The van der Waals surface area contributed by atoms with Crippen molar-refractivity contribution in [3.05, 3.63) is 106 Å². The molecule has 5 rings (SSSR count). The summed E-state index contributed by atoms with van der Waals surface area (Å²) in [7, 11) is 0. The van der Waals surface area contributed by atoms with Crippen molar-refractivity contribution >= 4 is 45.7 Å². The van der Waals surface area contributed by atoms with Gasteiger partial charge in [-0.3, -0.25) is 5.10 Å². The molecule has 2 N–H and O–H groups in total. The van der Waals surface area contributed by atoms with Crippen LogP contribution in [0.15, 0.2) is 66.7 Å². The van der Waals surface area contributed by atoms with Gasteiger partial charge in [0.25, 0.3) is 0 Å². The number of aromatic amines is 1. The monoisotopic (exact) mass is 497 g/mol. The Labute approximate surface area is 212 Å². The highest BCUT2D eigenvalue weighted by atomic mass is 35.5. The molecule has 0 bridgehead atoms. The van der Waals surface area contributed by atoms with Gasteiger partial charge in [0.1, 0.15) is 0 Å². The standard InChI is InChI=1S/C29H21ClFN3O2/c30-22-10-11-23(21(14-22)16-32)28(18-2-1-3-18)27(19-7-4-17(5-8-19)6-13-26(35)36)20-9-12-25-24(15-20)29(31)34-33-25/h4-15,18H,1-3H2,(H,33,34)(H,35,36)/b13-6+,28-27?. The van der Waals surface area contributed by atoms with Gasteiger partial charge in [0.2, 0.25) is 5.95 Å². The Balaban J connectivity index is 1.79. The van der Waals surface area contributed by atoms with E-state index in [1.54, 1.807) is 24.3 Å². The van der Waals surface area contributed by atoms with E-state index in [1.807, 2.05) is 36.4 Å². The first kappa shape index (κ1) is 23.5. The summed E-state index contributed by atoms with van der Waals surface area (Å²) in [5, 5.41) is 26.2. The summed E-state index contributed by atoms with van der Waals surface area (Å²) < 4.78 is 14.5. The van der Waals surface area contributed by atoms with Crippen LogP contribution < -0.4 is 0 Å². The van der Waals surface area contributed by atoms with Crippen LogP contribution in [-0.4, -0.2) is 21.3 Å². The Morgan fingerprint density at radius 3 is 2.53 bits per heavy atom. The molecular formula is C29H21ClFN3O2. The highest BCUT2D eigenvalue weighted by Gasteiger charge is 2.29. The predicted molar refractivity (Wildman–Crippen MR) is 139 cm³/mol. The van der Waals surface area contributed by atoms with Crippen LogP contribution in [0.4, 0.5) is 4.39 Å². The summed E-state index contributed by atoms with van der Waals surface area (Å²) >= 11 is 6.21. The highest BCUT2D eigenvalue weighted by molar-refractivity contribution is 6.30. The number of H-pyrrole nitrogens is 1. The number of nitrogens with one attached hydrogen (secondary N) is 1. The van der Waals surface area contributed by atoms with Gasteiger partial charge >= 0.3 is 5.97 Å². The number of hydrogen-bond donors (Lipinski definition) is 2. The third-order valence-corrected chi connectivity index (χ3v) is 6.82. The van der Waals surface area contributed by atoms with Gasteiger partial charge in [-0.2, -0.15) is 14.8 Å². The van der Waals surface area contributed by atoms with Crippen molar-refractivity contribution in [2.24, 2.45) is 5.92 Å². The molecule has 1 aliphatic rings. The minimum Gasteiger partial charge on any atom is -0.478 e. The zero-order valence-electron chi connectivity index (χ0n) is 19.1. The molecule has 178 valence electrons. The Morgan fingerprint density at radius 2 is 1.86 bits per heavy atom. The van der Waals surface area contributed by atoms with Crippen molar-refractivity contribution in [2.75, 3.05) is 0 Å². The lowest BCUT2D eigenvalue weighted by Gasteiger charge is -2.32. The van der Waals surface area contributed by atoms with E-state index in [0.29, 0.717) is 21.5 Å². The molecule has 7 heteroatoms. The summed E-state index contributed by atoms with van der Waals surface area (Å²) in [4.78, 5) is 10.9. The number of fused-ring (bicyclic) bond motifs is 1. The zero-order chi connectivity index (χ0) is 25.2. The van der Waals surface area contributed by atoms with Gasteiger partial charge in [0.15, 0.2) is 0 Å². The second kappa shape index (κ2) is 9.80. The van der Waals surface area contributed by atoms with Crippen molar-refractivity contribution < 1.29 is 14.3 Å². The molecule has 4 aromatic rings. The minimum absolute atomic E-state index is 0.227. The van der Waals surface area contributed by atoms with Gasteiger partial charge in [0.05, 0.1) is 22.5 Å². The Hall–Kier alpha value is -4.21. The van der Waals surface area contributed by atoms with Crippen molar-refractivity contribution in [1.29, 1.82) is 5.26 Å². The van der Waals surface area contributed by atoms with Crippen LogP contribution in [0.1, 0.15) is 47.1 Å². The number of hydrogen-bond acceptors (Lipinski definition) is 3. The maximum atomic E-state index is 14.5. The zero-order valence-corrected chi connectivity index (χ0v) is 19.9. The number of nitrogens with zero attached hydrogens (tertiary/aromatic N) is 2. The summed E-state index contributed by atoms with van der Waals surface area (Å²) in [6.07, 6.45) is 5.67. The number of carboxylic acid groups (broad SMARTS) is 1. The number of nitriles is 1. The van der Waals surface area contributed by atoms with E-state index in [9.17, 15) is 14.4 Å². The van der Waals surface area contributed by atoms with Crippen LogP contribution in [0.2, 0.25) is 5.02 Å². The second-order valence-electron chi connectivity index (χ2n) is 8.78. The molecule has 1 heterocycles. The van der Waals surface area contributed by atoms with E-state index in [4.69, 9.17) is 16.7 Å². The summed E-state index contributed by atoms with van der Waals surface area (Å²) in [6, 6.07) is 20.6. The molecule has 1 saturated carbocycles. The van der Waals surface area contributed by atoms with E-state index in [0.717, 1.165) is 58.7 Å². The maximum absolute atomic E-state index is 14.5. The van der Waals surface area contributed by atoms with E-state index >= 15 is 0 Å². The van der Waals surface area contributed by atoms with Crippen molar-refractivity contribution in [2.45, 2.75) is 19.3 Å². The summed E-state index contributed by atoms with van der Waals surface area (Å²) in [6.45, 7) is 0. The summed E-state index contributed by atoms with van der Waals surface area (Å²) in [5.74, 6) is -1.30. The van der Waals surface area contributed by atoms with E-state index in [-0.39, 0.29) is 5.92 Å². The van der Waals surface area contributed by atoms with Crippen LogP contribution in [0, 0.1) is 23.2 Å². The predicted octanol–water partition coefficient (Wildman–Crippen LogP) is 7.08. The molecule has 0 spiro atoms. The maximum Gasteiger partial charge on any atom is 0.328 e. The lowest BCUT2D eigenvalue weighted by atomic mass is 9.72. The molecular weight excluding hydrogens is 477 g/mol. The fourth-order valence-electron chi connectivity index (χ4n) is 4.64. The van der Waals surface area contributed by atoms with E-state index < -0.39 is 11.9 Å². The average Bonchev–Trinajstić information content (AvgIpc) is 3.22. The second-order valence-corrected chi connectivity index (χ2v) is 9.22. The Bertz CT molecular complexity index is 1570. The Kier molecular flexibility index (Phi) is 6.41. The molecule has 5 nitrogen and oxygen atoms in total. The minimum atomic E-state index is -1.02. The molecule has 3 aromatic carbocycles. The fourth-order valence-corrected chi connectivity index (χ4v) is 4.81. The van der Waals surface area contributed by atoms with Gasteiger partial charge in [-0.05, 0) is 82.5 Å². The van der Waals surface area contributed by atoms with Crippen LogP contribution in [0.5, 0.6) is 0 Å². The first-order valence-corrected chi connectivity index (χ1v) is 11.9. The number of aromatic nitrogens is 2. The number of aliphatic carboxylic acids is 1. The Morgan fingerprint density at radius 1 is 1.11 bits per heavy atom. The number of halogens is 2. The third-order valence-electron chi connectivity index (χ3n) is 6.59. The van der Waals surface area contributed by atoms with Gasteiger partial charge in [0, 0.05) is 11.1 Å². The molecule has 1 aliphatic carbocycles. The lowest BCUT2D eigenvalue weighted by Crippen LogP contribution is -2.16. The third kappa shape index (κ3) is 4.53. The van der Waals surface area contributed by atoms with Crippen molar-refractivity contribution in [3.8, 4) is 6.07 Å². The number of rotatable bonds is 6. The SMILES string of the molecule is N#Cc1cc(Cl)ccc1C(=C(c1ccc(/C=C/C(=O)O)cc1)c1ccc2n[nH]c(F)c2c1)C1CCC1. The molecule has 0 amide bonds. The molecule has 0 unspecified atom stereocenters. The molecule has 0 saturated heterocycles.